The number of para-hydroxylation sites is 1. The molecule has 0 atom stereocenters. The Morgan fingerprint density at radius 1 is 0.708 bits per heavy atom. The average molecular weight is 309 g/mol. The maximum Gasteiger partial charge on any atom is 0.113 e. The predicted molar refractivity (Wildman–Crippen MR) is 98.1 cm³/mol. The molecule has 5 rings (SSSR count). The van der Waals surface area contributed by atoms with Gasteiger partial charge in [0.1, 0.15) is 5.52 Å². The van der Waals surface area contributed by atoms with E-state index in [0.29, 0.717) is 6.54 Å². The van der Waals surface area contributed by atoms with Crippen LogP contribution in [0.5, 0.6) is 0 Å². The first-order valence-corrected chi connectivity index (χ1v) is 8.08. The first-order chi connectivity index (χ1) is 11.9. The van der Waals surface area contributed by atoms with Gasteiger partial charge in [-0.2, -0.15) is 0 Å². The average Bonchev–Trinajstić information content (AvgIpc) is 3.05. The highest BCUT2D eigenvalue weighted by Crippen LogP contribution is 2.29. The van der Waals surface area contributed by atoms with Crippen LogP contribution in [-0.4, -0.2) is 15.0 Å². The van der Waals surface area contributed by atoms with Crippen LogP contribution in [0.3, 0.4) is 0 Å². The minimum absolute atomic E-state index is 0.711. The largest absolute Gasteiger partial charge is 0.240 e. The first-order valence-electron chi connectivity index (χ1n) is 8.08. The molecule has 0 saturated carbocycles. The molecule has 0 amide bonds. The Balaban J connectivity index is 1.80. The summed E-state index contributed by atoms with van der Waals surface area (Å²) >= 11 is 0. The Hall–Kier alpha value is -3.20. The van der Waals surface area contributed by atoms with Crippen molar-refractivity contribution in [3.8, 4) is 0 Å². The van der Waals surface area contributed by atoms with Crippen LogP contribution in [0.15, 0.2) is 78.9 Å². The molecule has 0 fully saturated rings. The van der Waals surface area contributed by atoms with Crippen molar-refractivity contribution in [3.63, 3.8) is 0 Å². The molecule has 114 valence electrons. The van der Waals surface area contributed by atoms with Gasteiger partial charge in [-0.3, -0.25) is 0 Å². The summed E-state index contributed by atoms with van der Waals surface area (Å²) in [5, 5.41) is 13.7. The quantitative estimate of drug-likeness (QED) is 0.439. The van der Waals surface area contributed by atoms with Crippen LogP contribution < -0.4 is 0 Å². The lowest BCUT2D eigenvalue weighted by molar-refractivity contribution is 0.675. The normalized spacial score (nSPS) is 11.5. The van der Waals surface area contributed by atoms with E-state index in [-0.39, 0.29) is 0 Å². The number of aromatic nitrogens is 3. The summed E-state index contributed by atoms with van der Waals surface area (Å²) in [6.45, 7) is 0.711. The summed E-state index contributed by atoms with van der Waals surface area (Å²) in [4.78, 5) is 0. The molecule has 0 N–H and O–H groups in total. The van der Waals surface area contributed by atoms with Gasteiger partial charge in [0.15, 0.2) is 0 Å². The molecule has 0 saturated heterocycles. The second-order valence-electron chi connectivity index (χ2n) is 6.03. The molecular weight excluding hydrogens is 294 g/mol. The number of benzene rings is 4. The van der Waals surface area contributed by atoms with Gasteiger partial charge in [0.2, 0.25) is 0 Å². The number of nitrogens with zero attached hydrogens (tertiary/aromatic N) is 3. The molecule has 1 aromatic heterocycles. The van der Waals surface area contributed by atoms with Crippen molar-refractivity contribution in [2.45, 2.75) is 6.54 Å². The molecule has 3 heteroatoms. The maximum atomic E-state index is 4.37. The van der Waals surface area contributed by atoms with Crippen molar-refractivity contribution >= 4 is 32.6 Å². The zero-order valence-corrected chi connectivity index (χ0v) is 13.1. The van der Waals surface area contributed by atoms with Gasteiger partial charge >= 0.3 is 0 Å². The molecule has 0 aliphatic heterocycles. The highest BCUT2D eigenvalue weighted by Gasteiger charge is 2.10. The van der Waals surface area contributed by atoms with Gasteiger partial charge in [-0.05, 0) is 45.3 Å². The SMILES string of the molecule is c1ccc2c(Cn3nnc4ccccc43)c3ccccc3cc2c1. The summed E-state index contributed by atoms with van der Waals surface area (Å²) < 4.78 is 1.99. The fourth-order valence-corrected chi connectivity index (χ4v) is 3.46. The van der Waals surface area contributed by atoms with Crippen molar-refractivity contribution in [1.82, 2.24) is 15.0 Å². The van der Waals surface area contributed by atoms with E-state index < -0.39 is 0 Å². The summed E-state index contributed by atoms with van der Waals surface area (Å²) in [6, 6.07) is 27.5. The van der Waals surface area contributed by atoms with E-state index in [1.807, 2.05) is 22.9 Å². The molecule has 1 heterocycles. The lowest BCUT2D eigenvalue weighted by Crippen LogP contribution is -2.03. The third-order valence-electron chi connectivity index (χ3n) is 4.61. The second kappa shape index (κ2) is 5.17. The van der Waals surface area contributed by atoms with E-state index in [0.717, 1.165) is 11.0 Å². The van der Waals surface area contributed by atoms with E-state index in [1.54, 1.807) is 0 Å². The monoisotopic (exact) mass is 309 g/mol. The third-order valence-corrected chi connectivity index (χ3v) is 4.61. The molecule has 0 aliphatic rings. The lowest BCUT2D eigenvalue weighted by Gasteiger charge is -2.12. The molecule has 0 bridgehead atoms. The number of fused-ring (bicyclic) bond motifs is 3. The molecule has 24 heavy (non-hydrogen) atoms. The number of rotatable bonds is 2. The van der Waals surface area contributed by atoms with Crippen molar-refractivity contribution in [2.75, 3.05) is 0 Å². The summed E-state index contributed by atoms with van der Waals surface area (Å²) in [5.41, 5.74) is 3.29. The highest BCUT2D eigenvalue weighted by atomic mass is 15.4. The summed E-state index contributed by atoms with van der Waals surface area (Å²) in [6.07, 6.45) is 0. The highest BCUT2D eigenvalue weighted by molar-refractivity contribution is 6.02. The fourth-order valence-electron chi connectivity index (χ4n) is 3.46. The Bertz CT molecular complexity index is 1130. The minimum atomic E-state index is 0.711. The van der Waals surface area contributed by atoms with E-state index in [4.69, 9.17) is 0 Å². The van der Waals surface area contributed by atoms with E-state index in [9.17, 15) is 0 Å². The van der Waals surface area contributed by atoms with Crippen molar-refractivity contribution in [1.29, 1.82) is 0 Å². The Labute approximate surface area is 139 Å². The maximum absolute atomic E-state index is 4.37. The van der Waals surface area contributed by atoms with Crippen LogP contribution >= 0.6 is 0 Å². The molecule has 3 nitrogen and oxygen atoms in total. The molecular formula is C21H15N3. The summed E-state index contributed by atoms with van der Waals surface area (Å²) in [7, 11) is 0. The standard InChI is InChI=1S/C21H15N3/c1-3-9-17-15(7-1)13-16-8-2-4-10-18(16)19(17)14-24-21-12-6-5-11-20(21)22-23-24/h1-13H,14H2. The number of hydrogen-bond acceptors (Lipinski definition) is 2. The first kappa shape index (κ1) is 13.3. The van der Waals surface area contributed by atoms with Crippen LogP contribution in [0.1, 0.15) is 5.56 Å². The van der Waals surface area contributed by atoms with Gasteiger partial charge in [-0.1, -0.05) is 65.9 Å². The Morgan fingerprint density at radius 3 is 2.08 bits per heavy atom. The molecule has 4 aromatic carbocycles. The van der Waals surface area contributed by atoms with E-state index in [2.05, 4.69) is 71.0 Å². The van der Waals surface area contributed by atoms with Gasteiger partial charge < -0.3 is 0 Å². The fraction of sp³-hybridized carbons (Fsp3) is 0.0476. The molecule has 0 spiro atoms. The van der Waals surface area contributed by atoms with Crippen LogP contribution in [0, 0.1) is 0 Å². The van der Waals surface area contributed by atoms with Gasteiger partial charge in [0.05, 0.1) is 12.1 Å². The molecule has 0 unspecified atom stereocenters. The number of hydrogen-bond donors (Lipinski definition) is 0. The van der Waals surface area contributed by atoms with Crippen molar-refractivity contribution in [2.24, 2.45) is 0 Å². The predicted octanol–water partition coefficient (Wildman–Crippen LogP) is 4.79. The third kappa shape index (κ3) is 1.98. The van der Waals surface area contributed by atoms with E-state index in [1.165, 1.54) is 27.1 Å². The van der Waals surface area contributed by atoms with Crippen LogP contribution in [-0.2, 0) is 6.54 Å². The van der Waals surface area contributed by atoms with Crippen molar-refractivity contribution in [3.05, 3.63) is 84.4 Å². The minimum Gasteiger partial charge on any atom is -0.240 e. The second-order valence-corrected chi connectivity index (χ2v) is 6.03. The van der Waals surface area contributed by atoms with Gasteiger partial charge in [-0.25, -0.2) is 4.68 Å². The summed E-state index contributed by atoms with van der Waals surface area (Å²) in [5.74, 6) is 0. The van der Waals surface area contributed by atoms with E-state index >= 15 is 0 Å². The van der Waals surface area contributed by atoms with Crippen molar-refractivity contribution < 1.29 is 0 Å². The zero-order valence-electron chi connectivity index (χ0n) is 13.1. The smallest absolute Gasteiger partial charge is 0.113 e. The topological polar surface area (TPSA) is 30.7 Å². The Kier molecular flexibility index (Phi) is 2.85. The van der Waals surface area contributed by atoms with Gasteiger partial charge in [0.25, 0.3) is 0 Å². The van der Waals surface area contributed by atoms with Crippen LogP contribution in [0.2, 0.25) is 0 Å². The van der Waals surface area contributed by atoms with Gasteiger partial charge in [0, 0.05) is 0 Å². The molecule has 5 aromatic rings. The van der Waals surface area contributed by atoms with Crippen LogP contribution in [0.4, 0.5) is 0 Å². The molecule has 0 aliphatic carbocycles. The van der Waals surface area contributed by atoms with Gasteiger partial charge in [-0.15, -0.1) is 5.10 Å². The molecule has 0 radical (unpaired) electrons. The van der Waals surface area contributed by atoms with Crippen LogP contribution in [0.25, 0.3) is 32.6 Å². The zero-order chi connectivity index (χ0) is 15.9. The Morgan fingerprint density at radius 2 is 1.33 bits per heavy atom. The lowest BCUT2D eigenvalue weighted by atomic mass is 9.97.